The van der Waals surface area contributed by atoms with Gasteiger partial charge in [0.25, 0.3) is 0 Å². The highest BCUT2D eigenvalue weighted by molar-refractivity contribution is 7.99. The molecule has 1 aromatic carbocycles. The maximum Gasteiger partial charge on any atom is 0.246 e. The summed E-state index contributed by atoms with van der Waals surface area (Å²) in [5.41, 5.74) is 0.524. The summed E-state index contributed by atoms with van der Waals surface area (Å²) < 4.78 is 32.1. The zero-order valence-corrected chi connectivity index (χ0v) is 16.3. The van der Waals surface area contributed by atoms with E-state index in [-0.39, 0.29) is 35.0 Å². The number of carbonyl (C=O) groups is 1. The first kappa shape index (κ1) is 20.3. The molecule has 1 unspecified atom stereocenters. The Hall–Kier alpha value is -1.00. The van der Waals surface area contributed by atoms with Gasteiger partial charge in [-0.05, 0) is 25.0 Å². The van der Waals surface area contributed by atoms with Gasteiger partial charge in [-0.2, -0.15) is 4.31 Å². The van der Waals surface area contributed by atoms with Crippen LogP contribution in [0.4, 0.5) is 5.69 Å². The summed E-state index contributed by atoms with van der Waals surface area (Å²) in [6.45, 7) is 1.07. The van der Waals surface area contributed by atoms with Gasteiger partial charge in [-0.3, -0.25) is 10.1 Å². The van der Waals surface area contributed by atoms with Gasteiger partial charge in [0, 0.05) is 36.5 Å². The highest BCUT2D eigenvalue weighted by Crippen LogP contribution is 2.31. The van der Waals surface area contributed by atoms with Gasteiger partial charge in [0.2, 0.25) is 15.9 Å². The fraction of sp³-hybridized carbons (Fsp3) is 0.533. The minimum Gasteiger partial charge on any atom is -0.495 e. The maximum atomic E-state index is 12.7. The first-order valence-electron chi connectivity index (χ1n) is 7.82. The Morgan fingerprint density at radius 1 is 1.36 bits per heavy atom. The molecule has 0 spiro atoms. The Bertz CT molecular complexity index is 717. The lowest BCUT2D eigenvalue weighted by Gasteiger charge is -2.18. The Kier molecular flexibility index (Phi) is 6.98. The lowest BCUT2D eigenvalue weighted by Crippen LogP contribution is -2.37. The van der Waals surface area contributed by atoms with Crippen molar-refractivity contribution in [2.45, 2.75) is 23.8 Å². The number of rotatable bonds is 5. The predicted octanol–water partition coefficient (Wildman–Crippen LogP) is 1.50. The molecule has 7 nitrogen and oxygen atoms in total. The number of halogens is 1. The van der Waals surface area contributed by atoms with Crippen molar-refractivity contribution >= 4 is 45.8 Å². The second kappa shape index (κ2) is 8.59. The lowest BCUT2D eigenvalue weighted by molar-refractivity contribution is -0.117. The number of methoxy groups -OCH3 is 1. The highest BCUT2D eigenvalue weighted by Gasteiger charge is 2.30. The van der Waals surface area contributed by atoms with Crippen molar-refractivity contribution in [1.82, 2.24) is 9.62 Å². The molecule has 2 heterocycles. The average molecular weight is 408 g/mol. The molecule has 25 heavy (non-hydrogen) atoms. The molecule has 1 aromatic rings. The van der Waals surface area contributed by atoms with Gasteiger partial charge in [0.15, 0.2) is 0 Å². The summed E-state index contributed by atoms with van der Waals surface area (Å²) in [4.78, 5) is 12.3. The van der Waals surface area contributed by atoms with Gasteiger partial charge in [0.1, 0.15) is 10.6 Å². The minimum atomic E-state index is -3.56. The van der Waals surface area contributed by atoms with Crippen molar-refractivity contribution < 1.29 is 17.9 Å². The van der Waals surface area contributed by atoms with Crippen LogP contribution in [0.2, 0.25) is 0 Å². The van der Waals surface area contributed by atoms with Crippen LogP contribution in [0.1, 0.15) is 12.8 Å². The molecular formula is C15H22ClN3O4S2. The minimum absolute atomic E-state index is 0. The Morgan fingerprint density at radius 2 is 2.08 bits per heavy atom. The van der Waals surface area contributed by atoms with E-state index in [0.717, 1.165) is 24.5 Å². The molecule has 2 aliphatic heterocycles. The molecule has 10 heteroatoms. The number of anilines is 1. The zero-order chi connectivity index (χ0) is 17.2. The summed E-state index contributed by atoms with van der Waals surface area (Å²) >= 11 is 1.67. The second-order valence-corrected chi connectivity index (χ2v) is 8.67. The van der Waals surface area contributed by atoms with Crippen LogP contribution in [0.3, 0.4) is 0 Å². The van der Waals surface area contributed by atoms with Crippen LogP contribution in [0.5, 0.6) is 5.75 Å². The van der Waals surface area contributed by atoms with Crippen molar-refractivity contribution in [1.29, 1.82) is 0 Å². The Morgan fingerprint density at radius 3 is 2.68 bits per heavy atom. The van der Waals surface area contributed by atoms with Crippen LogP contribution in [0, 0.1) is 0 Å². The van der Waals surface area contributed by atoms with E-state index in [9.17, 15) is 13.2 Å². The van der Waals surface area contributed by atoms with E-state index in [2.05, 4.69) is 10.6 Å². The predicted molar refractivity (Wildman–Crippen MR) is 101 cm³/mol. The smallest absolute Gasteiger partial charge is 0.246 e. The number of hydrogen-bond donors (Lipinski definition) is 2. The van der Waals surface area contributed by atoms with E-state index >= 15 is 0 Å². The summed E-state index contributed by atoms with van der Waals surface area (Å²) in [5, 5.41) is 5.90. The number of nitrogens with one attached hydrogen (secondary N) is 2. The lowest BCUT2D eigenvalue weighted by atomic mass is 10.2. The van der Waals surface area contributed by atoms with Gasteiger partial charge in [-0.25, -0.2) is 8.42 Å². The third kappa shape index (κ3) is 4.40. The zero-order valence-electron chi connectivity index (χ0n) is 13.9. The number of thioether (sulfide) groups is 1. The fourth-order valence-corrected chi connectivity index (χ4v) is 5.41. The molecule has 0 aliphatic carbocycles. The van der Waals surface area contributed by atoms with Crippen LogP contribution in [-0.2, 0) is 14.8 Å². The Balaban J connectivity index is 0.00000225. The van der Waals surface area contributed by atoms with Gasteiger partial charge in [-0.1, -0.05) is 0 Å². The molecule has 2 N–H and O–H groups in total. The monoisotopic (exact) mass is 407 g/mol. The number of hydrogen-bond acceptors (Lipinski definition) is 6. The number of sulfonamides is 1. The van der Waals surface area contributed by atoms with Gasteiger partial charge in [0.05, 0.1) is 13.2 Å². The molecule has 1 amide bonds. The van der Waals surface area contributed by atoms with Gasteiger partial charge < -0.3 is 10.1 Å². The molecule has 2 aliphatic rings. The van der Waals surface area contributed by atoms with Crippen LogP contribution in [0.25, 0.3) is 0 Å². The topological polar surface area (TPSA) is 87.7 Å². The van der Waals surface area contributed by atoms with E-state index < -0.39 is 10.0 Å². The van der Waals surface area contributed by atoms with Crippen molar-refractivity contribution in [2.24, 2.45) is 0 Å². The van der Waals surface area contributed by atoms with Crippen LogP contribution < -0.4 is 15.4 Å². The first-order valence-corrected chi connectivity index (χ1v) is 10.4. The van der Waals surface area contributed by atoms with E-state index in [1.54, 1.807) is 23.9 Å². The van der Waals surface area contributed by atoms with Crippen LogP contribution >= 0.6 is 24.2 Å². The third-order valence-corrected chi connectivity index (χ3v) is 7.02. The van der Waals surface area contributed by atoms with Crippen LogP contribution in [0.15, 0.2) is 23.1 Å². The molecule has 3 rings (SSSR count). The number of ether oxygens (including phenoxy) is 1. The fourth-order valence-electron chi connectivity index (χ4n) is 2.82. The van der Waals surface area contributed by atoms with Crippen molar-refractivity contribution in [3.8, 4) is 5.75 Å². The normalized spacial score (nSPS) is 20.9. The summed E-state index contributed by atoms with van der Waals surface area (Å²) in [6.07, 6.45) is 1.75. The molecule has 0 radical (unpaired) electrons. The molecule has 2 saturated heterocycles. The molecule has 0 bridgehead atoms. The summed E-state index contributed by atoms with van der Waals surface area (Å²) in [5.74, 6) is 1.60. The van der Waals surface area contributed by atoms with Crippen molar-refractivity contribution in [3.63, 3.8) is 0 Å². The highest BCUT2D eigenvalue weighted by atomic mass is 35.5. The van der Waals surface area contributed by atoms with Gasteiger partial charge >= 0.3 is 0 Å². The Labute approximate surface area is 158 Å². The van der Waals surface area contributed by atoms with Crippen molar-refractivity contribution in [2.75, 3.05) is 37.1 Å². The number of amides is 1. The quantitative estimate of drug-likeness (QED) is 0.769. The molecule has 0 aromatic heterocycles. The molecule has 2 fully saturated rings. The molecule has 140 valence electrons. The molecule has 0 saturated carbocycles. The summed E-state index contributed by atoms with van der Waals surface area (Å²) in [6, 6.07) is 4.43. The standard InChI is InChI=1S/C15H21N3O4S2.ClH/c1-22-13-8-11(17-15(19)12-9-23-10-16-12)4-5-14(13)24(20,21)18-6-2-3-7-18;/h4-5,8,12,16H,2-3,6-7,9-10H2,1H3,(H,17,19);1H. The van der Waals surface area contributed by atoms with E-state index in [0.29, 0.717) is 18.8 Å². The summed E-state index contributed by atoms with van der Waals surface area (Å²) in [7, 11) is -2.13. The van der Waals surface area contributed by atoms with Crippen LogP contribution in [-0.4, -0.2) is 56.5 Å². The van der Waals surface area contributed by atoms with E-state index in [1.165, 1.54) is 17.5 Å². The molecule has 1 atom stereocenters. The molecular weight excluding hydrogens is 386 g/mol. The number of nitrogens with zero attached hydrogens (tertiary/aromatic N) is 1. The third-order valence-electron chi connectivity index (χ3n) is 4.15. The van der Waals surface area contributed by atoms with Crippen molar-refractivity contribution in [3.05, 3.63) is 18.2 Å². The number of carbonyl (C=O) groups excluding carboxylic acids is 1. The van der Waals surface area contributed by atoms with E-state index in [4.69, 9.17) is 4.74 Å². The first-order chi connectivity index (χ1) is 11.5. The number of benzene rings is 1. The second-order valence-electron chi connectivity index (χ2n) is 5.74. The maximum absolute atomic E-state index is 12.7. The largest absolute Gasteiger partial charge is 0.495 e. The van der Waals surface area contributed by atoms with Gasteiger partial charge in [-0.15, -0.1) is 24.2 Å². The average Bonchev–Trinajstić information content (AvgIpc) is 3.27. The SMILES string of the molecule is COc1cc(NC(=O)C2CSCN2)ccc1S(=O)(=O)N1CCCC1.Cl. The van der Waals surface area contributed by atoms with E-state index in [1.807, 2.05) is 0 Å².